The zero-order valence-corrected chi connectivity index (χ0v) is 16.1. The van der Waals surface area contributed by atoms with E-state index in [2.05, 4.69) is 11.4 Å². The average Bonchev–Trinajstić information content (AvgIpc) is 3.10. The fraction of sp³-hybridized carbons (Fsp3) is 0.300. The average molecular weight is 398 g/mol. The molecular weight excluding hydrogens is 378 g/mol. The maximum Gasteiger partial charge on any atom is 0.492 e. The predicted octanol–water partition coefficient (Wildman–Crippen LogP) is 1.61. The van der Waals surface area contributed by atoms with Crippen molar-refractivity contribution >= 4 is 18.5 Å². The second-order valence-electron chi connectivity index (χ2n) is 6.89. The van der Waals surface area contributed by atoms with Gasteiger partial charge in [0.1, 0.15) is 18.1 Å². The Bertz CT molecular complexity index is 947. The molecule has 0 bridgehead atoms. The lowest BCUT2D eigenvalue weighted by Crippen LogP contribution is -2.49. The largest absolute Gasteiger partial charge is 0.492 e. The zero-order valence-electron chi connectivity index (χ0n) is 16.1. The Morgan fingerprint density at radius 1 is 1.34 bits per heavy atom. The highest BCUT2D eigenvalue weighted by Crippen LogP contribution is 2.23. The molecule has 3 rings (SSSR count). The van der Waals surface area contributed by atoms with Crippen LogP contribution in [0.5, 0.6) is 11.5 Å². The Morgan fingerprint density at radius 3 is 2.72 bits per heavy atom. The molecule has 7 nitrogen and oxygen atoms in total. The van der Waals surface area contributed by atoms with Crippen molar-refractivity contribution in [3.05, 3.63) is 53.1 Å². The molecule has 0 saturated heterocycles. The number of nitrogens with zero attached hydrogens (tertiary/aromatic N) is 1. The zero-order chi connectivity index (χ0) is 21.0. The summed E-state index contributed by atoms with van der Waals surface area (Å²) < 4.78 is 27.9. The second kappa shape index (κ2) is 8.51. The number of carbonyl (C=O) groups excluding carboxylic acids is 1. The SMILES string of the molecule is Cc1c(OC[C@](C)(C#N)NC(=O)c2ccc(OCF)cc2)ccc2c1B(O)OC2. The van der Waals surface area contributed by atoms with Crippen molar-refractivity contribution in [3.63, 3.8) is 0 Å². The highest BCUT2D eigenvalue weighted by atomic mass is 19.1. The number of rotatable bonds is 7. The Morgan fingerprint density at radius 2 is 2.07 bits per heavy atom. The molecule has 2 aromatic carbocycles. The molecule has 1 atom stereocenters. The molecule has 1 aliphatic heterocycles. The van der Waals surface area contributed by atoms with E-state index in [1.165, 1.54) is 24.3 Å². The molecule has 2 N–H and O–H groups in total. The fourth-order valence-corrected chi connectivity index (χ4v) is 3.05. The van der Waals surface area contributed by atoms with Gasteiger partial charge in [-0.15, -0.1) is 0 Å². The van der Waals surface area contributed by atoms with Crippen LogP contribution in [0.4, 0.5) is 4.39 Å². The fourth-order valence-electron chi connectivity index (χ4n) is 3.05. The van der Waals surface area contributed by atoms with E-state index >= 15 is 0 Å². The lowest BCUT2D eigenvalue weighted by Gasteiger charge is -2.24. The van der Waals surface area contributed by atoms with Crippen LogP contribution in [0.3, 0.4) is 0 Å². The van der Waals surface area contributed by atoms with Crippen molar-refractivity contribution in [1.82, 2.24) is 5.32 Å². The van der Waals surface area contributed by atoms with Gasteiger partial charge in [0.25, 0.3) is 5.91 Å². The summed E-state index contributed by atoms with van der Waals surface area (Å²) in [5, 5.41) is 22.2. The van der Waals surface area contributed by atoms with Gasteiger partial charge in [0.05, 0.1) is 12.7 Å². The first kappa shape index (κ1) is 20.6. The Balaban J connectivity index is 1.68. The van der Waals surface area contributed by atoms with E-state index in [9.17, 15) is 19.5 Å². The third kappa shape index (κ3) is 4.50. The number of halogens is 1. The van der Waals surface area contributed by atoms with Crippen molar-refractivity contribution in [2.45, 2.75) is 26.0 Å². The van der Waals surface area contributed by atoms with Crippen molar-refractivity contribution in [1.29, 1.82) is 5.26 Å². The molecule has 2 aromatic rings. The summed E-state index contributed by atoms with van der Waals surface area (Å²) in [7, 11) is -1.00. The molecule has 1 heterocycles. The molecule has 150 valence electrons. The van der Waals surface area contributed by atoms with E-state index < -0.39 is 25.4 Å². The number of nitriles is 1. The normalized spacial score (nSPS) is 14.5. The molecular formula is C20H20BFN2O5. The third-order valence-electron chi connectivity index (χ3n) is 4.69. The van der Waals surface area contributed by atoms with Gasteiger partial charge >= 0.3 is 7.12 Å². The van der Waals surface area contributed by atoms with E-state index in [-0.39, 0.29) is 6.61 Å². The van der Waals surface area contributed by atoms with Crippen molar-refractivity contribution < 1.29 is 28.3 Å². The summed E-state index contributed by atoms with van der Waals surface area (Å²) in [6, 6.07) is 11.5. The Kier molecular flexibility index (Phi) is 6.06. The number of ether oxygens (including phenoxy) is 2. The van der Waals surface area contributed by atoms with Gasteiger partial charge in [-0.05, 0) is 60.8 Å². The predicted molar refractivity (Wildman–Crippen MR) is 104 cm³/mol. The first-order valence-corrected chi connectivity index (χ1v) is 8.94. The van der Waals surface area contributed by atoms with E-state index in [0.717, 1.165) is 11.1 Å². The minimum Gasteiger partial charge on any atom is -0.490 e. The molecule has 0 aromatic heterocycles. The van der Waals surface area contributed by atoms with Gasteiger partial charge in [-0.3, -0.25) is 4.79 Å². The van der Waals surface area contributed by atoms with E-state index in [0.29, 0.717) is 29.1 Å². The summed E-state index contributed by atoms with van der Waals surface area (Å²) in [5.41, 5.74) is 1.28. The van der Waals surface area contributed by atoms with Gasteiger partial charge in [0.2, 0.25) is 6.86 Å². The van der Waals surface area contributed by atoms with Gasteiger partial charge in [-0.2, -0.15) is 5.26 Å². The van der Waals surface area contributed by atoms with Gasteiger partial charge in [-0.1, -0.05) is 6.07 Å². The summed E-state index contributed by atoms with van der Waals surface area (Å²) >= 11 is 0. The molecule has 0 unspecified atom stereocenters. The van der Waals surface area contributed by atoms with Crippen LogP contribution < -0.4 is 20.3 Å². The van der Waals surface area contributed by atoms with Gasteiger partial charge < -0.3 is 24.5 Å². The highest BCUT2D eigenvalue weighted by molar-refractivity contribution is 6.62. The summed E-state index contributed by atoms with van der Waals surface area (Å²) in [6.07, 6.45) is 0. The monoisotopic (exact) mass is 398 g/mol. The molecule has 1 aliphatic rings. The molecule has 0 fully saturated rings. The van der Waals surface area contributed by atoms with E-state index in [1.807, 2.05) is 0 Å². The number of amides is 1. The minimum absolute atomic E-state index is 0.102. The van der Waals surface area contributed by atoms with Crippen LogP contribution in [0.15, 0.2) is 36.4 Å². The smallest absolute Gasteiger partial charge is 0.490 e. The van der Waals surface area contributed by atoms with Crippen LogP contribution in [0.2, 0.25) is 0 Å². The Hall–Kier alpha value is -3.09. The van der Waals surface area contributed by atoms with E-state index in [4.69, 9.17) is 14.1 Å². The van der Waals surface area contributed by atoms with Crippen LogP contribution in [0.25, 0.3) is 0 Å². The molecule has 0 saturated carbocycles. The van der Waals surface area contributed by atoms with Crippen LogP contribution in [0, 0.1) is 18.3 Å². The number of hydrogen-bond acceptors (Lipinski definition) is 6. The van der Waals surface area contributed by atoms with Gasteiger partial charge in [-0.25, -0.2) is 4.39 Å². The first-order valence-electron chi connectivity index (χ1n) is 8.94. The number of nitrogens with one attached hydrogen (secondary N) is 1. The number of carbonyl (C=O) groups is 1. The number of alkyl halides is 1. The number of hydrogen-bond donors (Lipinski definition) is 2. The van der Waals surface area contributed by atoms with Gasteiger partial charge in [0, 0.05) is 5.56 Å². The van der Waals surface area contributed by atoms with Crippen LogP contribution in [-0.4, -0.2) is 37.1 Å². The van der Waals surface area contributed by atoms with Crippen molar-refractivity contribution in [3.8, 4) is 17.6 Å². The first-order chi connectivity index (χ1) is 13.9. The Labute approximate surface area is 168 Å². The minimum atomic E-state index is -1.30. The van der Waals surface area contributed by atoms with Crippen LogP contribution in [-0.2, 0) is 11.3 Å². The highest BCUT2D eigenvalue weighted by Gasteiger charge is 2.32. The summed E-state index contributed by atoms with van der Waals surface area (Å²) in [6.45, 7) is 2.62. The topological polar surface area (TPSA) is 101 Å². The number of fused-ring (bicyclic) bond motifs is 1. The summed E-state index contributed by atoms with van der Waals surface area (Å²) in [5.74, 6) is 0.323. The maximum absolute atomic E-state index is 12.5. The lowest BCUT2D eigenvalue weighted by atomic mass is 9.76. The summed E-state index contributed by atoms with van der Waals surface area (Å²) in [4.78, 5) is 12.5. The second-order valence-corrected chi connectivity index (χ2v) is 6.89. The van der Waals surface area contributed by atoms with Crippen molar-refractivity contribution in [2.75, 3.05) is 13.5 Å². The standard InChI is InChI=1S/C20H20BFN2O5/c1-13-17(8-5-15-9-29-21(26)18(13)15)27-11-20(2,10-23)24-19(25)14-3-6-16(7-4-14)28-12-22/h3-8,26H,9,11-12H2,1-2H3,(H,24,25)/t20-/m0/s1. The molecule has 0 aliphatic carbocycles. The number of benzene rings is 2. The third-order valence-corrected chi connectivity index (χ3v) is 4.69. The quantitative estimate of drug-likeness (QED) is 0.688. The molecule has 0 spiro atoms. The molecule has 9 heteroatoms. The van der Waals surface area contributed by atoms with Crippen LogP contribution >= 0.6 is 0 Å². The molecule has 1 amide bonds. The van der Waals surface area contributed by atoms with E-state index in [1.54, 1.807) is 26.0 Å². The lowest BCUT2D eigenvalue weighted by molar-refractivity contribution is 0.0901. The van der Waals surface area contributed by atoms with Crippen LogP contribution in [0.1, 0.15) is 28.4 Å². The molecule has 0 radical (unpaired) electrons. The van der Waals surface area contributed by atoms with Gasteiger partial charge in [0.15, 0.2) is 5.54 Å². The molecule has 29 heavy (non-hydrogen) atoms. The maximum atomic E-state index is 12.5. The van der Waals surface area contributed by atoms with Crippen molar-refractivity contribution in [2.24, 2.45) is 0 Å².